The van der Waals surface area contributed by atoms with E-state index in [4.69, 9.17) is 4.74 Å². The molecule has 0 spiro atoms. The first kappa shape index (κ1) is 15.5. The fraction of sp³-hybridized carbons (Fsp3) is 0.250. The standard InChI is InChI=1S/C16H19NO.ClH/c1-17-16(12-13-6-4-3-5-7-13)14-8-10-15(18-2)11-9-14;/h3-11,16-17H,12H2,1-2H3;1H. The van der Waals surface area contributed by atoms with E-state index in [1.165, 1.54) is 11.1 Å². The zero-order valence-corrected chi connectivity index (χ0v) is 12.1. The van der Waals surface area contributed by atoms with E-state index in [1.807, 2.05) is 25.2 Å². The molecule has 0 saturated heterocycles. The highest BCUT2D eigenvalue weighted by molar-refractivity contribution is 5.85. The highest BCUT2D eigenvalue weighted by Crippen LogP contribution is 2.20. The molecule has 1 N–H and O–H groups in total. The average molecular weight is 278 g/mol. The molecule has 3 heteroatoms. The minimum absolute atomic E-state index is 0. The molecule has 102 valence electrons. The Hall–Kier alpha value is -1.51. The van der Waals surface area contributed by atoms with Crippen LogP contribution in [0.15, 0.2) is 54.6 Å². The Morgan fingerprint density at radius 1 is 1.00 bits per heavy atom. The van der Waals surface area contributed by atoms with Crippen molar-refractivity contribution >= 4 is 12.4 Å². The van der Waals surface area contributed by atoms with Crippen molar-refractivity contribution in [3.05, 3.63) is 65.7 Å². The van der Waals surface area contributed by atoms with Crippen LogP contribution >= 0.6 is 12.4 Å². The molecule has 0 bridgehead atoms. The summed E-state index contributed by atoms with van der Waals surface area (Å²) in [6.07, 6.45) is 0.990. The molecule has 0 saturated carbocycles. The van der Waals surface area contributed by atoms with Gasteiger partial charge in [0.25, 0.3) is 0 Å². The van der Waals surface area contributed by atoms with E-state index in [0.717, 1.165) is 12.2 Å². The monoisotopic (exact) mass is 277 g/mol. The second-order valence-corrected chi connectivity index (χ2v) is 4.30. The molecule has 1 atom stereocenters. The molecule has 0 amide bonds. The molecule has 0 aromatic heterocycles. The molecular weight excluding hydrogens is 258 g/mol. The van der Waals surface area contributed by atoms with Gasteiger partial charge in [-0.05, 0) is 36.7 Å². The van der Waals surface area contributed by atoms with Gasteiger partial charge in [0.2, 0.25) is 0 Å². The van der Waals surface area contributed by atoms with Gasteiger partial charge in [0.15, 0.2) is 0 Å². The van der Waals surface area contributed by atoms with Crippen LogP contribution < -0.4 is 10.1 Å². The van der Waals surface area contributed by atoms with Crippen LogP contribution in [0.25, 0.3) is 0 Å². The molecule has 0 aliphatic rings. The Labute approximate surface area is 121 Å². The van der Waals surface area contributed by atoms with E-state index in [2.05, 4.69) is 41.7 Å². The molecule has 0 aliphatic heterocycles. The number of halogens is 1. The third kappa shape index (κ3) is 4.27. The molecule has 0 radical (unpaired) electrons. The summed E-state index contributed by atoms with van der Waals surface area (Å²) in [7, 11) is 3.69. The van der Waals surface area contributed by atoms with Gasteiger partial charge in [-0.25, -0.2) is 0 Å². The lowest BCUT2D eigenvalue weighted by Crippen LogP contribution is -2.18. The third-order valence-corrected chi connectivity index (χ3v) is 3.15. The first-order chi connectivity index (χ1) is 8.83. The van der Waals surface area contributed by atoms with Gasteiger partial charge >= 0.3 is 0 Å². The quantitative estimate of drug-likeness (QED) is 0.901. The average Bonchev–Trinajstić information content (AvgIpc) is 2.46. The van der Waals surface area contributed by atoms with Gasteiger partial charge in [0.1, 0.15) is 5.75 Å². The molecule has 0 heterocycles. The number of nitrogens with one attached hydrogen (secondary N) is 1. The van der Waals surface area contributed by atoms with Gasteiger partial charge in [0.05, 0.1) is 7.11 Å². The van der Waals surface area contributed by atoms with E-state index in [0.29, 0.717) is 6.04 Å². The summed E-state index contributed by atoms with van der Waals surface area (Å²) in [5.74, 6) is 0.897. The van der Waals surface area contributed by atoms with E-state index < -0.39 is 0 Å². The van der Waals surface area contributed by atoms with E-state index in [1.54, 1.807) is 7.11 Å². The van der Waals surface area contributed by atoms with Crippen LogP contribution in [-0.4, -0.2) is 14.2 Å². The van der Waals surface area contributed by atoms with Crippen molar-refractivity contribution in [1.29, 1.82) is 0 Å². The van der Waals surface area contributed by atoms with E-state index in [9.17, 15) is 0 Å². The lowest BCUT2D eigenvalue weighted by Gasteiger charge is -2.17. The Morgan fingerprint density at radius 2 is 1.63 bits per heavy atom. The summed E-state index contributed by atoms with van der Waals surface area (Å²) < 4.78 is 5.18. The van der Waals surface area contributed by atoms with Gasteiger partial charge in [-0.1, -0.05) is 42.5 Å². The lowest BCUT2D eigenvalue weighted by molar-refractivity contribution is 0.414. The van der Waals surface area contributed by atoms with Crippen LogP contribution in [-0.2, 0) is 6.42 Å². The molecule has 2 aromatic rings. The maximum atomic E-state index is 5.18. The predicted molar refractivity (Wildman–Crippen MR) is 82.2 cm³/mol. The lowest BCUT2D eigenvalue weighted by atomic mass is 9.99. The Bertz CT molecular complexity index is 470. The van der Waals surface area contributed by atoms with Crippen molar-refractivity contribution in [3.8, 4) is 5.75 Å². The number of hydrogen-bond acceptors (Lipinski definition) is 2. The highest BCUT2D eigenvalue weighted by atomic mass is 35.5. The Kier molecular flexibility index (Phi) is 6.40. The summed E-state index contributed by atoms with van der Waals surface area (Å²) in [6, 6.07) is 19.1. The predicted octanol–water partition coefficient (Wildman–Crippen LogP) is 3.62. The summed E-state index contributed by atoms with van der Waals surface area (Å²) in [5, 5.41) is 3.36. The zero-order chi connectivity index (χ0) is 12.8. The Morgan fingerprint density at radius 3 is 2.16 bits per heavy atom. The number of hydrogen-bond donors (Lipinski definition) is 1. The summed E-state index contributed by atoms with van der Waals surface area (Å²) >= 11 is 0. The first-order valence-electron chi connectivity index (χ1n) is 6.18. The largest absolute Gasteiger partial charge is 0.497 e. The van der Waals surface area contributed by atoms with Crippen molar-refractivity contribution < 1.29 is 4.74 Å². The molecule has 2 rings (SSSR count). The van der Waals surface area contributed by atoms with Crippen LogP contribution in [0.1, 0.15) is 17.2 Å². The second-order valence-electron chi connectivity index (χ2n) is 4.30. The van der Waals surface area contributed by atoms with Crippen molar-refractivity contribution in [2.45, 2.75) is 12.5 Å². The van der Waals surface area contributed by atoms with Crippen molar-refractivity contribution in [3.63, 3.8) is 0 Å². The number of methoxy groups -OCH3 is 1. The molecule has 1 unspecified atom stereocenters. The summed E-state index contributed by atoms with van der Waals surface area (Å²) in [6.45, 7) is 0. The van der Waals surface area contributed by atoms with Gasteiger partial charge in [-0.15, -0.1) is 12.4 Å². The van der Waals surface area contributed by atoms with Gasteiger partial charge in [-0.3, -0.25) is 0 Å². The van der Waals surface area contributed by atoms with Crippen LogP contribution in [0.4, 0.5) is 0 Å². The number of likely N-dealkylation sites (N-methyl/N-ethyl adjacent to an activating group) is 1. The first-order valence-corrected chi connectivity index (χ1v) is 6.18. The minimum Gasteiger partial charge on any atom is -0.497 e. The van der Waals surface area contributed by atoms with Gasteiger partial charge in [0, 0.05) is 6.04 Å². The van der Waals surface area contributed by atoms with Crippen LogP contribution in [0, 0.1) is 0 Å². The summed E-state index contributed by atoms with van der Waals surface area (Å²) in [4.78, 5) is 0. The van der Waals surface area contributed by atoms with Crippen LogP contribution in [0.2, 0.25) is 0 Å². The molecular formula is C16H20ClNO. The third-order valence-electron chi connectivity index (χ3n) is 3.15. The molecule has 2 aromatic carbocycles. The van der Waals surface area contributed by atoms with Crippen molar-refractivity contribution in [2.75, 3.05) is 14.2 Å². The highest BCUT2D eigenvalue weighted by Gasteiger charge is 2.09. The topological polar surface area (TPSA) is 21.3 Å². The molecule has 19 heavy (non-hydrogen) atoms. The van der Waals surface area contributed by atoms with E-state index >= 15 is 0 Å². The molecule has 0 fully saturated rings. The fourth-order valence-electron chi connectivity index (χ4n) is 2.07. The molecule has 2 nitrogen and oxygen atoms in total. The fourth-order valence-corrected chi connectivity index (χ4v) is 2.07. The number of rotatable bonds is 5. The van der Waals surface area contributed by atoms with Crippen LogP contribution in [0.5, 0.6) is 5.75 Å². The SMILES string of the molecule is CNC(Cc1ccccc1)c1ccc(OC)cc1.Cl. The number of benzene rings is 2. The maximum absolute atomic E-state index is 5.18. The zero-order valence-electron chi connectivity index (χ0n) is 11.3. The van der Waals surface area contributed by atoms with Crippen LogP contribution in [0.3, 0.4) is 0 Å². The smallest absolute Gasteiger partial charge is 0.118 e. The number of ether oxygens (including phenoxy) is 1. The van der Waals surface area contributed by atoms with Gasteiger partial charge < -0.3 is 10.1 Å². The Balaban J connectivity index is 0.00000180. The van der Waals surface area contributed by atoms with Crippen molar-refractivity contribution in [2.24, 2.45) is 0 Å². The summed E-state index contributed by atoms with van der Waals surface area (Å²) in [5.41, 5.74) is 2.62. The van der Waals surface area contributed by atoms with E-state index in [-0.39, 0.29) is 12.4 Å². The normalized spacial score (nSPS) is 11.5. The maximum Gasteiger partial charge on any atom is 0.118 e. The van der Waals surface area contributed by atoms with Crippen molar-refractivity contribution in [1.82, 2.24) is 5.32 Å². The second kappa shape index (κ2) is 7.82. The molecule has 0 aliphatic carbocycles. The van der Waals surface area contributed by atoms with Gasteiger partial charge in [-0.2, -0.15) is 0 Å². The minimum atomic E-state index is 0.